The Bertz CT molecular complexity index is 1310. The molecule has 1 unspecified atom stereocenters. The van der Waals surface area contributed by atoms with E-state index in [1.54, 1.807) is 0 Å². The van der Waals surface area contributed by atoms with E-state index in [2.05, 4.69) is 45.1 Å². The Balaban J connectivity index is 4.16. The van der Waals surface area contributed by atoms with Crippen molar-refractivity contribution in [1.82, 2.24) is 0 Å². The van der Waals surface area contributed by atoms with Gasteiger partial charge in [-0.3, -0.25) is 14.4 Å². The second kappa shape index (κ2) is 70.4. The topological polar surface area (TPSA) is 78.9 Å². The molecule has 0 aliphatic rings. The van der Waals surface area contributed by atoms with E-state index in [9.17, 15) is 14.4 Å². The van der Waals surface area contributed by atoms with Crippen LogP contribution in [0.4, 0.5) is 0 Å². The van der Waals surface area contributed by atoms with Crippen LogP contribution in [0.3, 0.4) is 0 Å². The predicted molar refractivity (Wildman–Crippen MR) is 353 cm³/mol. The zero-order valence-corrected chi connectivity index (χ0v) is 55.1. The molecule has 0 N–H and O–H groups in total. The highest BCUT2D eigenvalue weighted by Gasteiger charge is 2.20. The lowest BCUT2D eigenvalue weighted by Gasteiger charge is -2.18. The van der Waals surface area contributed by atoms with Gasteiger partial charge in [-0.15, -0.1) is 0 Å². The molecule has 478 valence electrons. The number of allylic oxidation sites excluding steroid dienone is 4. The highest BCUT2D eigenvalue weighted by atomic mass is 16.6. The molecule has 0 bridgehead atoms. The van der Waals surface area contributed by atoms with Gasteiger partial charge in [0.05, 0.1) is 0 Å². The molecule has 81 heavy (non-hydrogen) atoms. The Hall–Kier alpha value is -2.11. The molecule has 0 aliphatic heterocycles. The molecule has 0 aromatic heterocycles. The van der Waals surface area contributed by atoms with Gasteiger partial charge in [-0.2, -0.15) is 0 Å². The first kappa shape index (κ1) is 78.9. The van der Waals surface area contributed by atoms with Gasteiger partial charge in [0.1, 0.15) is 13.2 Å². The Morgan fingerprint density at radius 1 is 0.247 bits per heavy atom. The third-order valence-corrected chi connectivity index (χ3v) is 17.0. The molecule has 0 heterocycles. The molecule has 0 spiro atoms. The quantitative estimate of drug-likeness (QED) is 0.0261. The van der Waals surface area contributed by atoms with Crippen LogP contribution in [0.15, 0.2) is 24.3 Å². The summed E-state index contributed by atoms with van der Waals surface area (Å²) in [4.78, 5) is 38.4. The van der Waals surface area contributed by atoms with Crippen molar-refractivity contribution in [2.24, 2.45) is 0 Å². The number of hydrogen-bond acceptors (Lipinski definition) is 6. The Morgan fingerprint density at radius 2 is 0.457 bits per heavy atom. The zero-order chi connectivity index (χ0) is 58.5. The van der Waals surface area contributed by atoms with Crippen LogP contribution in [0.25, 0.3) is 0 Å². The Labute approximate surface area is 506 Å². The first-order chi connectivity index (χ1) is 40.0. The third-order valence-electron chi connectivity index (χ3n) is 17.0. The van der Waals surface area contributed by atoms with E-state index >= 15 is 0 Å². The monoisotopic (exact) mass is 1140 g/mol. The average molecular weight is 1140 g/mol. The maximum Gasteiger partial charge on any atom is 0.306 e. The van der Waals surface area contributed by atoms with Gasteiger partial charge < -0.3 is 14.2 Å². The maximum absolute atomic E-state index is 12.9. The second-order valence-electron chi connectivity index (χ2n) is 25.2. The number of unbranched alkanes of at least 4 members (excludes halogenated alkanes) is 54. The molecule has 6 heteroatoms. The van der Waals surface area contributed by atoms with Crippen molar-refractivity contribution in [3.8, 4) is 0 Å². The molecular formula is C75H142O6. The van der Waals surface area contributed by atoms with Crippen molar-refractivity contribution < 1.29 is 28.6 Å². The van der Waals surface area contributed by atoms with Crippen LogP contribution in [-0.2, 0) is 28.6 Å². The van der Waals surface area contributed by atoms with Crippen molar-refractivity contribution in [2.45, 2.75) is 425 Å². The lowest BCUT2D eigenvalue weighted by atomic mass is 10.0. The van der Waals surface area contributed by atoms with Gasteiger partial charge in [0.2, 0.25) is 0 Å². The van der Waals surface area contributed by atoms with Gasteiger partial charge in [-0.05, 0) is 44.9 Å². The van der Waals surface area contributed by atoms with Crippen LogP contribution < -0.4 is 0 Å². The van der Waals surface area contributed by atoms with Crippen LogP contribution in [0, 0.1) is 0 Å². The number of rotatable bonds is 69. The standard InChI is InChI=1S/C75H142O6/c1-4-7-10-13-16-19-22-25-28-30-32-33-34-35-36-37-38-39-40-41-42-44-45-47-50-53-56-59-62-65-68-74(77)80-71-72(70-79-73(76)67-64-61-58-55-52-49-27-24-21-18-15-12-9-6-3)81-75(78)69-66-63-60-57-54-51-48-46-43-31-29-26-23-20-17-14-11-8-5-2/h15,18,24,27,72H,4-14,16-17,19-23,25-26,28-71H2,1-3H3/b18-15-,27-24-. The Kier molecular flexibility index (Phi) is 68.5. The molecule has 0 amide bonds. The van der Waals surface area contributed by atoms with Crippen molar-refractivity contribution in [2.75, 3.05) is 13.2 Å². The van der Waals surface area contributed by atoms with Gasteiger partial charge in [0.15, 0.2) is 6.10 Å². The van der Waals surface area contributed by atoms with Gasteiger partial charge >= 0.3 is 17.9 Å². The summed E-state index contributed by atoms with van der Waals surface area (Å²) in [6.45, 7) is 6.68. The van der Waals surface area contributed by atoms with E-state index in [1.165, 1.54) is 302 Å². The molecule has 6 nitrogen and oxygen atoms in total. The summed E-state index contributed by atoms with van der Waals surface area (Å²) in [7, 11) is 0. The number of carbonyl (C=O) groups is 3. The van der Waals surface area contributed by atoms with E-state index < -0.39 is 6.10 Å². The summed E-state index contributed by atoms with van der Waals surface area (Å²) >= 11 is 0. The molecule has 0 saturated heterocycles. The van der Waals surface area contributed by atoms with E-state index in [4.69, 9.17) is 14.2 Å². The summed E-state index contributed by atoms with van der Waals surface area (Å²) in [5.41, 5.74) is 0. The van der Waals surface area contributed by atoms with E-state index in [1.807, 2.05) is 0 Å². The second-order valence-corrected chi connectivity index (χ2v) is 25.2. The predicted octanol–water partition coefficient (Wildman–Crippen LogP) is 25.3. The molecule has 1 atom stereocenters. The molecule has 0 aliphatic carbocycles. The van der Waals surface area contributed by atoms with Crippen LogP contribution in [0.5, 0.6) is 0 Å². The fourth-order valence-corrected chi connectivity index (χ4v) is 11.4. The van der Waals surface area contributed by atoms with E-state index in [0.29, 0.717) is 19.3 Å². The van der Waals surface area contributed by atoms with Crippen LogP contribution in [0.1, 0.15) is 419 Å². The van der Waals surface area contributed by atoms with Crippen molar-refractivity contribution in [3.05, 3.63) is 24.3 Å². The minimum atomic E-state index is -0.774. The molecular weight excluding hydrogens is 997 g/mol. The summed E-state index contributed by atoms with van der Waals surface area (Å²) in [5, 5.41) is 0. The first-order valence-electron chi connectivity index (χ1n) is 36.8. The van der Waals surface area contributed by atoms with Crippen molar-refractivity contribution >= 4 is 17.9 Å². The van der Waals surface area contributed by atoms with Crippen LogP contribution in [0.2, 0.25) is 0 Å². The molecule has 0 aromatic carbocycles. The fraction of sp³-hybridized carbons (Fsp3) is 0.907. The lowest BCUT2D eigenvalue weighted by molar-refractivity contribution is -0.167. The highest BCUT2D eigenvalue weighted by Crippen LogP contribution is 2.19. The van der Waals surface area contributed by atoms with Gasteiger partial charge in [0.25, 0.3) is 0 Å². The fourth-order valence-electron chi connectivity index (χ4n) is 11.4. The first-order valence-corrected chi connectivity index (χ1v) is 36.8. The number of hydrogen-bond donors (Lipinski definition) is 0. The van der Waals surface area contributed by atoms with Crippen LogP contribution in [-0.4, -0.2) is 37.2 Å². The largest absolute Gasteiger partial charge is 0.462 e. The van der Waals surface area contributed by atoms with Crippen molar-refractivity contribution in [1.29, 1.82) is 0 Å². The SMILES string of the molecule is CCCC/C=C\C/C=C\CCCCCCCC(=O)OCC(COC(=O)CCCCCCCCCCCCCCCCCCCCCCCCCCCCCCCC)OC(=O)CCCCCCCCCCCCCCCCCCCCC. The minimum absolute atomic E-state index is 0.0692. The lowest BCUT2D eigenvalue weighted by Crippen LogP contribution is -2.30. The van der Waals surface area contributed by atoms with Gasteiger partial charge in [-0.25, -0.2) is 0 Å². The average Bonchev–Trinajstić information content (AvgIpc) is 3.47. The zero-order valence-electron chi connectivity index (χ0n) is 55.1. The number of carbonyl (C=O) groups excluding carboxylic acids is 3. The number of ether oxygens (including phenoxy) is 3. The van der Waals surface area contributed by atoms with E-state index in [-0.39, 0.29) is 31.1 Å². The van der Waals surface area contributed by atoms with Gasteiger partial charge in [0, 0.05) is 19.3 Å². The molecule has 0 saturated carbocycles. The van der Waals surface area contributed by atoms with Crippen LogP contribution >= 0.6 is 0 Å². The maximum atomic E-state index is 12.9. The molecule has 0 aromatic rings. The number of esters is 3. The van der Waals surface area contributed by atoms with Crippen molar-refractivity contribution in [3.63, 3.8) is 0 Å². The highest BCUT2D eigenvalue weighted by molar-refractivity contribution is 5.71. The summed E-state index contributed by atoms with van der Waals surface area (Å²) in [5.74, 6) is -0.850. The Morgan fingerprint density at radius 3 is 0.716 bits per heavy atom. The normalized spacial score (nSPS) is 12.1. The molecule has 0 rings (SSSR count). The summed E-state index contributed by atoms with van der Waals surface area (Å²) in [6.07, 6.45) is 86.6. The molecule has 0 fully saturated rings. The van der Waals surface area contributed by atoms with E-state index in [0.717, 1.165) is 77.0 Å². The van der Waals surface area contributed by atoms with Gasteiger partial charge in [-0.1, -0.05) is 379 Å². The minimum Gasteiger partial charge on any atom is -0.462 e. The summed E-state index contributed by atoms with van der Waals surface area (Å²) in [6, 6.07) is 0. The summed E-state index contributed by atoms with van der Waals surface area (Å²) < 4.78 is 17.0. The third kappa shape index (κ3) is 68.6. The molecule has 0 radical (unpaired) electrons. The smallest absolute Gasteiger partial charge is 0.306 e.